The summed E-state index contributed by atoms with van der Waals surface area (Å²) in [6, 6.07) is 20.7. The van der Waals surface area contributed by atoms with Gasteiger partial charge in [0.2, 0.25) is 0 Å². The Morgan fingerprint density at radius 3 is 2.00 bits per heavy atom. The highest BCUT2D eigenvalue weighted by Gasteiger charge is 2.13. The zero-order chi connectivity index (χ0) is 19.2. The minimum Gasteiger partial charge on any atom is -0.497 e. The van der Waals surface area contributed by atoms with Gasteiger partial charge in [0.1, 0.15) is 11.5 Å². The molecule has 0 saturated heterocycles. The topological polar surface area (TPSA) is 64.6 Å². The van der Waals surface area contributed by atoms with Crippen molar-refractivity contribution in [1.29, 1.82) is 0 Å². The van der Waals surface area contributed by atoms with Gasteiger partial charge in [0, 0.05) is 22.8 Å². The molecule has 0 heterocycles. The van der Waals surface area contributed by atoms with Crippen LogP contribution in [-0.4, -0.2) is 25.9 Å². The molecule has 3 aromatic carbocycles. The second kappa shape index (κ2) is 8.19. The highest BCUT2D eigenvalue weighted by Crippen LogP contribution is 2.29. The Hall–Kier alpha value is -3.60. The number of ketones is 1. The summed E-state index contributed by atoms with van der Waals surface area (Å²) in [6.07, 6.45) is 0. The van der Waals surface area contributed by atoms with Gasteiger partial charge in [-0.3, -0.25) is 9.59 Å². The quantitative estimate of drug-likeness (QED) is 0.669. The van der Waals surface area contributed by atoms with E-state index < -0.39 is 0 Å². The van der Waals surface area contributed by atoms with Crippen molar-refractivity contribution < 1.29 is 19.1 Å². The van der Waals surface area contributed by atoms with E-state index in [0.29, 0.717) is 33.9 Å². The van der Waals surface area contributed by atoms with Gasteiger partial charge in [0.05, 0.1) is 19.9 Å². The Morgan fingerprint density at radius 1 is 0.741 bits per heavy atom. The standard InChI is InChI=1S/C22H19NO4/c1-26-18-12-13-19(20(14-18)27-2)23-22(25)17-10-8-16(9-11-17)21(24)15-6-4-3-5-7-15/h3-14H,1-2H3,(H,23,25). The molecule has 1 amide bonds. The molecule has 5 nitrogen and oxygen atoms in total. The van der Waals surface area contributed by atoms with Crippen molar-refractivity contribution in [2.24, 2.45) is 0 Å². The molecule has 1 N–H and O–H groups in total. The predicted octanol–water partition coefficient (Wildman–Crippen LogP) is 4.19. The van der Waals surface area contributed by atoms with Crippen LogP contribution in [0.3, 0.4) is 0 Å². The van der Waals surface area contributed by atoms with Crippen LogP contribution in [0.1, 0.15) is 26.3 Å². The summed E-state index contributed by atoms with van der Waals surface area (Å²) in [4.78, 5) is 24.9. The molecule has 0 saturated carbocycles. The molecule has 0 aliphatic heterocycles. The van der Waals surface area contributed by atoms with Gasteiger partial charge in [0.15, 0.2) is 5.78 Å². The van der Waals surface area contributed by atoms with Crippen molar-refractivity contribution in [1.82, 2.24) is 0 Å². The van der Waals surface area contributed by atoms with E-state index in [-0.39, 0.29) is 11.7 Å². The minimum absolute atomic E-state index is 0.0839. The molecule has 136 valence electrons. The maximum Gasteiger partial charge on any atom is 0.255 e. The van der Waals surface area contributed by atoms with E-state index in [1.807, 2.05) is 18.2 Å². The van der Waals surface area contributed by atoms with Gasteiger partial charge in [-0.25, -0.2) is 0 Å². The third kappa shape index (κ3) is 4.15. The molecule has 27 heavy (non-hydrogen) atoms. The summed E-state index contributed by atoms with van der Waals surface area (Å²) in [7, 11) is 3.08. The van der Waals surface area contributed by atoms with Crippen LogP contribution in [0.25, 0.3) is 0 Å². The zero-order valence-corrected chi connectivity index (χ0v) is 15.1. The van der Waals surface area contributed by atoms with Gasteiger partial charge >= 0.3 is 0 Å². The lowest BCUT2D eigenvalue weighted by molar-refractivity contribution is 0.102. The Labute approximate surface area is 157 Å². The fraction of sp³-hybridized carbons (Fsp3) is 0.0909. The number of hydrogen-bond donors (Lipinski definition) is 1. The normalized spacial score (nSPS) is 10.1. The monoisotopic (exact) mass is 361 g/mol. The second-order valence-corrected chi connectivity index (χ2v) is 5.79. The Bertz CT molecular complexity index is 950. The zero-order valence-electron chi connectivity index (χ0n) is 15.1. The molecule has 0 spiro atoms. The van der Waals surface area contributed by atoms with Crippen LogP contribution < -0.4 is 14.8 Å². The van der Waals surface area contributed by atoms with Crippen molar-refractivity contribution in [2.45, 2.75) is 0 Å². The number of methoxy groups -OCH3 is 2. The number of hydrogen-bond acceptors (Lipinski definition) is 4. The highest BCUT2D eigenvalue weighted by atomic mass is 16.5. The van der Waals surface area contributed by atoms with E-state index in [0.717, 1.165) is 0 Å². The average molecular weight is 361 g/mol. The summed E-state index contributed by atoms with van der Waals surface area (Å²) in [6.45, 7) is 0. The number of amides is 1. The number of carbonyl (C=O) groups is 2. The van der Waals surface area contributed by atoms with Crippen LogP contribution in [0.5, 0.6) is 11.5 Å². The SMILES string of the molecule is COc1ccc(NC(=O)c2ccc(C(=O)c3ccccc3)cc2)c(OC)c1. The molecule has 0 radical (unpaired) electrons. The Morgan fingerprint density at radius 2 is 1.37 bits per heavy atom. The first-order valence-corrected chi connectivity index (χ1v) is 8.35. The van der Waals surface area contributed by atoms with Gasteiger partial charge in [-0.1, -0.05) is 42.5 Å². The Balaban J connectivity index is 1.76. The molecular formula is C22H19NO4. The summed E-state index contributed by atoms with van der Waals surface area (Å²) in [5.41, 5.74) is 2.11. The molecule has 0 fully saturated rings. The fourth-order valence-corrected chi connectivity index (χ4v) is 2.63. The van der Waals surface area contributed by atoms with E-state index in [2.05, 4.69) is 5.32 Å². The van der Waals surface area contributed by atoms with E-state index >= 15 is 0 Å². The number of anilines is 1. The van der Waals surface area contributed by atoms with Crippen LogP contribution in [-0.2, 0) is 0 Å². The van der Waals surface area contributed by atoms with Crippen LogP contribution in [0.2, 0.25) is 0 Å². The van der Waals surface area contributed by atoms with Crippen molar-refractivity contribution in [2.75, 3.05) is 19.5 Å². The van der Waals surface area contributed by atoms with Gasteiger partial charge in [-0.15, -0.1) is 0 Å². The number of rotatable bonds is 6. The molecule has 3 aromatic rings. The minimum atomic E-state index is -0.294. The first-order chi connectivity index (χ1) is 13.1. The van der Waals surface area contributed by atoms with E-state index in [4.69, 9.17) is 9.47 Å². The van der Waals surface area contributed by atoms with Gasteiger partial charge in [-0.2, -0.15) is 0 Å². The average Bonchev–Trinajstić information content (AvgIpc) is 2.74. The maximum atomic E-state index is 12.5. The van der Waals surface area contributed by atoms with E-state index in [9.17, 15) is 9.59 Å². The number of nitrogens with one attached hydrogen (secondary N) is 1. The summed E-state index contributed by atoms with van der Waals surface area (Å²) >= 11 is 0. The highest BCUT2D eigenvalue weighted by molar-refractivity contribution is 6.10. The second-order valence-electron chi connectivity index (χ2n) is 5.79. The number of carbonyl (C=O) groups excluding carboxylic acids is 2. The summed E-state index contributed by atoms with van der Waals surface area (Å²) < 4.78 is 10.4. The van der Waals surface area contributed by atoms with Crippen molar-refractivity contribution >= 4 is 17.4 Å². The molecule has 0 unspecified atom stereocenters. The van der Waals surface area contributed by atoms with Crippen LogP contribution in [0, 0.1) is 0 Å². The van der Waals surface area contributed by atoms with Gasteiger partial charge in [-0.05, 0) is 24.3 Å². The lowest BCUT2D eigenvalue weighted by atomic mass is 10.0. The number of benzene rings is 3. The molecule has 0 atom stereocenters. The molecule has 5 heteroatoms. The van der Waals surface area contributed by atoms with Crippen LogP contribution in [0.15, 0.2) is 72.8 Å². The Kier molecular flexibility index (Phi) is 5.52. The molecule has 0 aliphatic rings. The molecule has 0 aromatic heterocycles. The molecule has 3 rings (SSSR count). The largest absolute Gasteiger partial charge is 0.497 e. The fourth-order valence-electron chi connectivity index (χ4n) is 2.63. The lowest BCUT2D eigenvalue weighted by Gasteiger charge is -2.12. The van der Waals surface area contributed by atoms with E-state index in [1.54, 1.807) is 61.7 Å². The van der Waals surface area contributed by atoms with Crippen molar-refractivity contribution in [3.05, 3.63) is 89.5 Å². The first-order valence-electron chi connectivity index (χ1n) is 8.35. The van der Waals surface area contributed by atoms with Gasteiger partial charge < -0.3 is 14.8 Å². The predicted molar refractivity (Wildman–Crippen MR) is 104 cm³/mol. The molecule has 0 bridgehead atoms. The van der Waals surface area contributed by atoms with Crippen molar-refractivity contribution in [3.63, 3.8) is 0 Å². The first kappa shape index (κ1) is 18.2. The molecule has 0 aliphatic carbocycles. The van der Waals surface area contributed by atoms with Gasteiger partial charge in [0.25, 0.3) is 5.91 Å². The van der Waals surface area contributed by atoms with Crippen molar-refractivity contribution in [3.8, 4) is 11.5 Å². The third-order valence-electron chi connectivity index (χ3n) is 4.10. The maximum absolute atomic E-state index is 12.5. The lowest BCUT2D eigenvalue weighted by Crippen LogP contribution is -2.13. The third-order valence-corrected chi connectivity index (χ3v) is 4.10. The van der Waals surface area contributed by atoms with Crippen LogP contribution in [0.4, 0.5) is 5.69 Å². The summed E-state index contributed by atoms with van der Waals surface area (Å²) in [5, 5.41) is 2.81. The number of ether oxygens (including phenoxy) is 2. The van der Waals surface area contributed by atoms with E-state index in [1.165, 1.54) is 7.11 Å². The summed E-state index contributed by atoms with van der Waals surface area (Å²) in [5.74, 6) is 0.753. The van der Waals surface area contributed by atoms with Crippen LogP contribution >= 0.6 is 0 Å². The molecular weight excluding hydrogens is 342 g/mol. The smallest absolute Gasteiger partial charge is 0.255 e.